The van der Waals surface area contributed by atoms with E-state index >= 15 is 0 Å². The summed E-state index contributed by atoms with van der Waals surface area (Å²) in [6, 6.07) is -2.40. The predicted molar refractivity (Wildman–Crippen MR) is 229 cm³/mol. The zero-order chi connectivity index (χ0) is 49.9. The molecule has 28 heteroatoms. The summed E-state index contributed by atoms with van der Waals surface area (Å²) < 4.78 is 0. The van der Waals surface area contributed by atoms with E-state index in [0.29, 0.717) is 5.56 Å². The number of aliphatic hydroxyl groups excluding tert-OH is 4. The minimum atomic E-state index is -1.78. The molecule has 0 aliphatic rings. The van der Waals surface area contributed by atoms with Crippen molar-refractivity contribution in [1.29, 1.82) is 0 Å². The second kappa shape index (κ2) is 30.2. The van der Waals surface area contributed by atoms with Crippen molar-refractivity contribution >= 4 is 65.1 Å². The van der Waals surface area contributed by atoms with Crippen LogP contribution in [0.25, 0.3) is 0 Å². The van der Waals surface area contributed by atoms with Crippen LogP contribution in [0.4, 0.5) is 0 Å². The van der Waals surface area contributed by atoms with Crippen LogP contribution in [0.2, 0.25) is 0 Å². The van der Waals surface area contributed by atoms with Crippen molar-refractivity contribution < 1.29 is 73.5 Å². The highest BCUT2D eigenvalue weighted by Gasteiger charge is 2.34. The van der Waals surface area contributed by atoms with E-state index in [2.05, 4.69) is 47.5 Å². The Kier molecular flexibility index (Phi) is 26.1. The molecule has 0 saturated carbocycles. The summed E-state index contributed by atoms with van der Waals surface area (Å²) in [5.41, 5.74) is 16.9. The minimum Gasteiger partial charge on any atom is -0.480 e. The van der Waals surface area contributed by atoms with Crippen molar-refractivity contribution in [3.63, 3.8) is 0 Å². The monoisotopic (exact) mass is 939 g/mol. The second-order valence-corrected chi connectivity index (χ2v) is 14.6. The third kappa shape index (κ3) is 21.1. The Morgan fingerprint density at radius 3 is 1.53 bits per heavy atom. The summed E-state index contributed by atoms with van der Waals surface area (Å²) in [4.78, 5) is 131. The molecule has 0 aliphatic carbocycles. The van der Waals surface area contributed by atoms with E-state index in [9.17, 15) is 63.3 Å². The van der Waals surface area contributed by atoms with Crippen molar-refractivity contribution in [2.75, 3.05) is 52.6 Å². The average molecular weight is 940 g/mol. The molecule has 0 aromatic heterocycles. The topological polar surface area (TPSA) is 471 Å². The molecule has 1 aromatic carbocycles. The van der Waals surface area contributed by atoms with Crippen LogP contribution in [-0.2, 0) is 54.4 Å². The van der Waals surface area contributed by atoms with Crippen LogP contribution >= 0.6 is 0 Å². The normalized spacial score (nSPS) is 13.9. The Bertz CT molecular complexity index is 1850. The molecular formula is C38H61N13O15. The molecule has 9 amide bonds. The van der Waals surface area contributed by atoms with Crippen LogP contribution < -0.4 is 65.1 Å². The molecule has 66 heavy (non-hydrogen) atoms. The number of carboxylic acid groups (broad SMARTS) is 1. The van der Waals surface area contributed by atoms with Crippen molar-refractivity contribution in [3.8, 4) is 0 Å². The smallest absolute Gasteiger partial charge is 0.328 e. The van der Waals surface area contributed by atoms with Gasteiger partial charge in [-0.25, -0.2) is 4.79 Å². The van der Waals surface area contributed by atoms with Gasteiger partial charge in [0.2, 0.25) is 53.2 Å². The number of nitrogens with two attached hydrogens (primary N) is 3. The van der Waals surface area contributed by atoms with Gasteiger partial charge in [-0.1, -0.05) is 44.2 Å². The highest BCUT2D eigenvalue weighted by Crippen LogP contribution is 2.08. The van der Waals surface area contributed by atoms with E-state index in [1.807, 2.05) is 5.32 Å². The van der Waals surface area contributed by atoms with Gasteiger partial charge < -0.3 is 90.6 Å². The van der Waals surface area contributed by atoms with E-state index in [0.717, 1.165) is 0 Å². The maximum Gasteiger partial charge on any atom is 0.328 e. The highest BCUT2D eigenvalue weighted by atomic mass is 16.4. The Hall–Kier alpha value is -7.01. The van der Waals surface area contributed by atoms with Crippen molar-refractivity contribution in [2.45, 2.75) is 75.4 Å². The number of aliphatic imine (C=N–C) groups is 1. The first-order chi connectivity index (χ1) is 31.2. The fourth-order valence-corrected chi connectivity index (χ4v) is 5.50. The lowest BCUT2D eigenvalue weighted by Gasteiger charge is -2.28. The van der Waals surface area contributed by atoms with Crippen LogP contribution in [0.5, 0.6) is 0 Å². The van der Waals surface area contributed by atoms with Gasteiger partial charge in [0.15, 0.2) is 5.96 Å². The van der Waals surface area contributed by atoms with Crippen molar-refractivity contribution in [2.24, 2.45) is 28.1 Å². The molecule has 0 radical (unpaired) electrons. The highest BCUT2D eigenvalue weighted by molar-refractivity contribution is 5.98. The Labute approximate surface area is 378 Å². The lowest BCUT2D eigenvalue weighted by atomic mass is 10.0. The first-order valence-electron chi connectivity index (χ1n) is 20.3. The molecule has 0 heterocycles. The molecule has 1 aromatic rings. The zero-order valence-electron chi connectivity index (χ0n) is 36.3. The number of nitrogens with one attached hydrogen (secondary N) is 9. The minimum absolute atomic E-state index is 0.00697. The molecule has 0 fully saturated rings. The number of carbonyl (C=O) groups is 10. The van der Waals surface area contributed by atoms with Crippen LogP contribution in [-0.4, -0.2) is 186 Å². The van der Waals surface area contributed by atoms with E-state index < -0.39 is 153 Å². The quantitative estimate of drug-likeness (QED) is 0.0193. The van der Waals surface area contributed by atoms with Crippen LogP contribution in [0, 0.1) is 5.92 Å². The summed E-state index contributed by atoms with van der Waals surface area (Å²) in [5.74, 6) is -11.3. The number of hydrogen-bond acceptors (Lipinski definition) is 16. The number of amides is 9. The Morgan fingerprint density at radius 2 is 1.03 bits per heavy atom. The maximum absolute atomic E-state index is 13.8. The number of rotatable bonds is 30. The van der Waals surface area contributed by atoms with Gasteiger partial charge in [-0.15, -0.1) is 0 Å². The van der Waals surface area contributed by atoms with Gasteiger partial charge in [0.05, 0.1) is 46.1 Å². The summed E-state index contributed by atoms with van der Waals surface area (Å²) in [7, 11) is 0. The van der Waals surface area contributed by atoms with Crippen molar-refractivity contribution in [1.82, 2.24) is 47.9 Å². The number of hydrogen-bond donors (Lipinski definition) is 17. The van der Waals surface area contributed by atoms with E-state index in [4.69, 9.17) is 27.4 Å². The van der Waals surface area contributed by atoms with Gasteiger partial charge in [-0.2, -0.15) is 0 Å². The molecule has 368 valence electrons. The second-order valence-electron chi connectivity index (χ2n) is 14.6. The largest absolute Gasteiger partial charge is 0.480 e. The van der Waals surface area contributed by atoms with Gasteiger partial charge in [-0.3, -0.25) is 48.1 Å². The molecule has 0 bridgehead atoms. The summed E-state index contributed by atoms with van der Waals surface area (Å²) in [6.07, 6.45) is -0.0809. The first kappa shape index (κ1) is 57.0. The molecule has 0 saturated heterocycles. The predicted octanol–water partition coefficient (Wildman–Crippen LogP) is -9.42. The third-order valence-corrected chi connectivity index (χ3v) is 9.08. The van der Waals surface area contributed by atoms with Crippen molar-refractivity contribution in [3.05, 3.63) is 35.9 Å². The molecule has 20 N–H and O–H groups in total. The fourth-order valence-electron chi connectivity index (χ4n) is 5.50. The molecule has 0 spiro atoms. The summed E-state index contributed by atoms with van der Waals surface area (Å²) in [5, 5.41) is 67.9. The lowest BCUT2D eigenvalue weighted by molar-refractivity contribution is -0.142. The van der Waals surface area contributed by atoms with E-state index in [1.54, 1.807) is 30.3 Å². The number of carbonyl (C=O) groups excluding carboxylic acids is 9. The zero-order valence-corrected chi connectivity index (χ0v) is 36.3. The van der Waals surface area contributed by atoms with Gasteiger partial charge in [0.25, 0.3) is 0 Å². The maximum atomic E-state index is 13.8. The van der Waals surface area contributed by atoms with Crippen LogP contribution in [0.1, 0.15) is 32.3 Å². The van der Waals surface area contributed by atoms with Crippen LogP contribution in [0.3, 0.4) is 0 Å². The number of aliphatic hydroxyl groups is 4. The van der Waals surface area contributed by atoms with E-state index in [-0.39, 0.29) is 31.8 Å². The average Bonchev–Trinajstić information content (AvgIpc) is 3.28. The number of carboxylic acids is 1. The summed E-state index contributed by atoms with van der Waals surface area (Å²) >= 11 is 0. The lowest BCUT2D eigenvalue weighted by Crippen LogP contribution is -2.61. The molecule has 0 aliphatic heterocycles. The number of aliphatic carboxylic acids is 1. The van der Waals surface area contributed by atoms with Gasteiger partial charge in [-0.05, 0) is 24.3 Å². The van der Waals surface area contributed by atoms with Gasteiger partial charge >= 0.3 is 5.97 Å². The fraction of sp³-hybridized carbons (Fsp3) is 0.553. The van der Waals surface area contributed by atoms with Gasteiger partial charge in [0, 0.05) is 13.0 Å². The Balaban J connectivity index is 3.08. The Morgan fingerprint density at radius 1 is 0.561 bits per heavy atom. The number of benzene rings is 1. The molecular weight excluding hydrogens is 878 g/mol. The SMILES string of the molecule is CC(C)[C@H](NC(=O)[C@H](CCCN=C(N)N)NC(=O)[C@H](CO)NC(=O)[C@H](Cc1ccccc1)NC(=O)CN)C(=O)N[C@@H](CO)C(=O)N[C@@H](CO)C(=O)NCC(=O)NCC(=O)N[C@@H](CO)C(=O)O. The number of guanidine groups is 1. The third-order valence-electron chi connectivity index (χ3n) is 9.08. The molecule has 7 atom stereocenters. The number of nitrogens with zero attached hydrogens (tertiary/aromatic N) is 1. The van der Waals surface area contributed by atoms with E-state index in [1.165, 1.54) is 13.8 Å². The standard InChI is InChI=1S/C38H61N13O15/c1-19(2)30(36(64)50-25(17-54)35(63)48-23(15-52)31(59)44-13-28(57)43-14-29(58)46-26(18-55)37(65)66)51-32(60)21(9-6-10-42-38(40)41)47-34(62)24(16-53)49-33(61)22(45-27(56)12-39)11-20-7-4-3-5-8-20/h3-5,7-8,19,21-26,30,52-55H,6,9-18,39H2,1-2H3,(H,43,57)(H,44,59)(H,45,56)(H,46,58)(H,47,62)(H,48,63)(H,49,61)(H,50,64)(H,51,60)(H,65,66)(H4,40,41,42)/t21-,22-,23-,24-,25-,26-,30-/m0/s1. The van der Waals surface area contributed by atoms with Gasteiger partial charge in [0.1, 0.15) is 42.3 Å². The van der Waals surface area contributed by atoms with Crippen LogP contribution in [0.15, 0.2) is 35.3 Å². The molecule has 28 nitrogen and oxygen atoms in total. The summed E-state index contributed by atoms with van der Waals surface area (Å²) in [6.45, 7) is -2.92. The molecule has 0 unspecified atom stereocenters. The first-order valence-corrected chi connectivity index (χ1v) is 20.3. The molecule has 1 rings (SSSR count).